The van der Waals surface area contributed by atoms with Crippen molar-refractivity contribution in [2.75, 3.05) is 0 Å². The van der Waals surface area contributed by atoms with E-state index in [2.05, 4.69) is 25.9 Å². The van der Waals surface area contributed by atoms with E-state index < -0.39 is 0 Å². The summed E-state index contributed by atoms with van der Waals surface area (Å²) >= 11 is 5.03. The van der Waals surface area contributed by atoms with Crippen LogP contribution in [-0.2, 0) is 5.75 Å². The van der Waals surface area contributed by atoms with Crippen molar-refractivity contribution in [3.8, 4) is 11.5 Å². The van der Waals surface area contributed by atoms with Crippen molar-refractivity contribution < 1.29 is 4.42 Å². The lowest BCUT2D eigenvalue weighted by atomic mass is 10.2. The van der Waals surface area contributed by atoms with Gasteiger partial charge in [-0.25, -0.2) is 9.97 Å². The van der Waals surface area contributed by atoms with Crippen LogP contribution in [0.4, 0.5) is 0 Å². The molecule has 2 aromatic heterocycles. The van der Waals surface area contributed by atoms with Crippen molar-refractivity contribution in [2.24, 2.45) is 0 Å². The van der Waals surface area contributed by atoms with Gasteiger partial charge in [-0.1, -0.05) is 30.0 Å². The summed E-state index contributed by atoms with van der Waals surface area (Å²) in [6, 6.07) is 13.9. The molecule has 0 aliphatic heterocycles. The molecule has 0 spiro atoms. The Hall–Kier alpha value is -1.59. The SMILES string of the molecule is Cc1oc(-c2ccccc2)nc1CSc1ccc(Br)cn1. The third-order valence-corrected chi connectivity index (χ3v) is 4.39. The maximum atomic E-state index is 5.76. The minimum atomic E-state index is 0.674. The summed E-state index contributed by atoms with van der Waals surface area (Å²) in [5.74, 6) is 2.28. The van der Waals surface area contributed by atoms with E-state index >= 15 is 0 Å². The molecule has 0 N–H and O–H groups in total. The molecule has 0 aliphatic rings. The highest BCUT2D eigenvalue weighted by atomic mass is 79.9. The summed E-state index contributed by atoms with van der Waals surface area (Å²) in [6.45, 7) is 1.95. The first-order valence-electron chi connectivity index (χ1n) is 6.48. The molecule has 0 bridgehead atoms. The average molecular weight is 361 g/mol. The number of aromatic nitrogens is 2. The smallest absolute Gasteiger partial charge is 0.226 e. The van der Waals surface area contributed by atoms with E-state index in [0.717, 1.165) is 32.3 Å². The van der Waals surface area contributed by atoms with E-state index in [4.69, 9.17) is 4.42 Å². The van der Waals surface area contributed by atoms with Crippen LogP contribution in [0.2, 0.25) is 0 Å². The van der Waals surface area contributed by atoms with Crippen molar-refractivity contribution in [2.45, 2.75) is 17.7 Å². The molecular weight excluding hydrogens is 348 g/mol. The Morgan fingerprint density at radius 2 is 1.95 bits per heavy atom. The first-order valence-corrected chi connectivity index (χ1v) is 8.26. The van der Waals surface area contributed by atoms with E-state index in [1.807, 2.05) is 49.4 Å². The fraction of sp³-hybridized carbons (Fsp3) is 0.125. The highest BCUT2D eigenvalue weighted by molar-refractivity contribution is 9.10. The number of halogens is 1. The lowest BCUT2D eigenvalue weighted by Crippen LogP contribution is -1.86. The van der Waals surface area contributed by atoms with E-state index in [1.165, 1.54) is 0 Å². The molecule has 0 saturated carbocycles. The van der Waals surface area contributed by atoms with Crippen LogP contribution >= 0.6 is 27.7 Å². The first-order chi connectivity index (χ1) is 10.2. The van der Waals surface area contributed by atoms with Crippen LogP contribution < -0.4 is 0 Å². The second-order valence-corrected chi connectivity index (χ2v) is 6.40. The van der Waals surface area contributed by atoms with Gasteiger partial charge in [-0.05, 0) is 47.1 Å². The van der Waals surface area contributed by atoms with Gasteiger partial charge in [0.1, 0.15) is 5.76 Å². The molecule has 3 aromatic rings. The average Bonchev–Trinajstić information content (AvgIpc) is 2.89. The van der Waals surface area contributed by atoms with Crippen molar-refractivity contribution >= 4 is 27.7 Å². The Morgan fingerprint density at radius 3 is 2.67 bits per heavy atom. The minimum absolute atomic E-state index is 0.674. The van der Waals surface area contributed by atoms with Crippen LogP contribution in [0.5, 0.6) is 0 Å². The normalized spacial score (nSPS) is 10.8. The zero-order valence-electron chi connectivity index (χ0n) is 11.4. The third-order valence-electron chi connectivity index (χ3n) is 2.97. The van der Waals surface area contributed by atoms with Crippen molar-refractivity contribution in [3.63, 3.8) is 0 Å². The van der Waals surface area contributed by atoms with E-state index in [1.54, 1.807) is 18.0 Å². The maximum Gasteiger partial charge on any atom is 0.226 e. The van der Waals surface area contributed by atoms with Gasteiger partial charge in [-0.15, -0.1) is 0 Å². The standard InChI is InChI=1S/C16H13BrN2OS/c1-11-14(10-21-15-8-7-13(17)9-18-15)19-16(20-11)12-5-3-2-4-6-12/h2-9H,10H2,1H3. The summed E-state index contributed by atoms with van der Waals surface area (Å²) in [6.07, 6.45) is 1.80. The molecule has 106 valence electrons. The van der Waals surface area contributed by atoms with E-state index in [0.29, 0.717) is 5.89 Å². The fourth-order valence-electron chi connectivity index (χ4n) is 1.86. The Kier molecular flexibility index (Phi) is 4.41. The number of thioether (sulfide) groups is 1. The first kappa shape index (κ1) is 14.4. The van der Waals surface area contributed by atoms with Crippen LogP contribution in [-0.4, -0.2) is 9.97 Å². The van der Waals surface area contributed by atoms with Crippen molar-refractivity contribution in [3.05, 3.63) is 64.6 Å². The van der Waals surface area contributed by atoms with Crippen LogP contribution in [0.1, 0.15) is 11.5 Å². The third kappa shape index (κ3) is 3.54. The van der Waals surface area contributed by atoms with Gasteiger partial charge in [0.2, 0.25) is 5.89 Å². The summed E-state index contributed by atoms with van der Waals surface area (Å²) in [4.78, 5) is 8.93. The summed E-state index contributed by atoms with van der Waals surface area (Å²) in [5.41, 5.74) is 1.96. The minimum Gasteiger partial charge on any atom is -0.441 e. The molecule has 2 heterocycles. The number of nitrogens with zero attached hydrogens (tertiary/aromatic N) is 2. The van der Waals surface area contributed by atoms with Gasteiger partial charge in [0.15, 0.2) is 0 Å². The Labute approximate surface area is 135 Å². The number of aryl methyl sites for hydroxylation is 1. The molecule has 0 unspecified atom stereocenters. The van der Waals surface area contributed by atoms with Crippen molar-refractivity contribution in [1.29, 1.82) is 0 Å². The quantitative estimate of drug-likeness (QED) is 0.606. The number of pyridine rings is 1. The predicted octanol–water partition coefficient (Wildman–Crippen LogP) is 5.10. The predicted molar refractivity (Wildman–Crippen MR) is 88.2 cm³/mol. The second-order valence-electron chi connectivity index (χ2n) is 4.49. The number of hydrogen-bond donors (Lipinski definition) is 0. The van der Waals surface area contributed by atoms with Gasteiger partial charge >= 0.3 is 0 Å². The number of hydrogen-bond acceptors (Lipinski definition) is 4. The van der Waals surface area contributed by atoms with Gasteiger partial charge < -0.3 is 4.42 Å². The maximum absolute atomic E-state index is 5.76. The molecule has 0 atom stereocenters. The fourth-order valence-corrected chi connectivity index (χ4v) is 2.93. The van der Waals surface area contributed by atoms with Gasteiger partial charge in [0.05, 0.1) is 10.7 Å². The van der Waals surface area contributed by atoms with Crippen LogP contribution in [0.3, 0.4) is 0 Å². The van der Waals surface area contributed by atoms with E-state index in [9.17, 15) is 0 Å². The molecule has 0 aliphatic carbocycles. The molecule has 0 amide bonds. The molecule has 0 radical (unpaired) electrons. The molecule has 3 rings (SSSR count). The molecule has 21 heavy (non-hydrogen) atoms. The topological polar surface area (TPSA) is 38.9 Å². The lowest BCUT2D eigenvalue weighted by Gasteiger charge is -1.98. The van der Waals surface area contributed by atoms with Gasteiger partial charge in [0.25, 0.3) is 0 Å². The monoisotopic (exact) mass is 360 g/mol. The summed E-state index contributed by atoms with van der Waals surface area (Å²) in [5, 5.41) is 0.974. The summed E-state index contributed by atoms with van der Waals surface area (Å²) in [7, 11) is 0. The number of oxazole rings is 1. The Balaban J connectivity index is 1.74. The largest absolute Gasteiger partial charge is 0.441 e. The zero-order chi connectivity index (χ0) is 14.7. The lowest BCUT2D eigenvalue weighted by molar-refractivity contribution is 0.540. The second kappa shape index (κ2) is 6.45. The van der Waals surface area contributed by atoms with E-state index in [-0.39, 0.29) is 0 Å². The highest BCUT2D eigenvalue weighted by Crippen LogP contribution is 2.27. The zero-order valence-corrected chi connectivity index (χ0v) is 13.8. The van der Waals surface area contributed by atoms with Gasteiger partial charge in [0, 0.05) is 22.0 Å². The van der Waals surface area contributed by atoms with Crippen LogP contribution in [0, 0.1) is 6.92 Å². The Morgan fingerprint density at radius 1 is 1.14 bits per heavy atom. The highest BCUT2D eigenvalue weighted by Gasteiger charge is 2.11. The molecule has 0 fully saturated rings. The molecule has 1 aromatic carbocycles. The van der Waals surface area contributed by atoms with Crippen LogP contribution in [0.25, 0.3) is 11.5 Å². The number of benzene rings is 1. The molecule has 5 heteroatoms. The number of rotatable bonds is 4. The molecular formula is C16H13BrN2OS. The molecule has 3 nitrogen and oxygen atoms in total. The molecule has 0 saturated heterocycles. The van der Waals surface area contributed by atoms with Crippen molar-refractivity contribution in [1.82, 2.24) is 9.97 Å². The van der Waals surface area contributed by atoms with Crippen LogP contribution in [0.15, 0.2) is 62.6 Å². The Bertz CT molecular complexity index is 726. The van der Waals surface area contributed by atoms with Gasteiger partial charge in [-0.3, -0.25) is 0 Å². The summed E-state index contributed by atoms with van der Waals surface area (Å²) < 4.78 is 6.74. The van der Waals surface area contributed by atoms with Gasteiger partial charge in [-0.2, -0.15) is 0 Å².